The zero-order chi connectivity index (χ0) is 13.0. The Kier molecular flexibility index (Phi) is 4.72. The lowest BCUT2D eigenvalue weighted by Gasteiger charge is -2.27. The maximum absolute atomic E-state index is 13.1. The lowest BCUT2D eigenvalue weighted by atomic mass is 9.87. The molecule has 0 aliphatic heterocycles. The minimum absolute atomic E-state index is 0.130. The highest BCUT2D eigenvalue weighted by atomic mass is 19.1. The van der Waals surface area contributed by atoms with Gasteiger partial charge in [0, 0.05) is 6.04 Å². The fourth-order valence-corrected chi connectivity index (χ4v) is 2.69. The van der Waals surface area contributed by atoms with Gasteiger partial charge in [-0.1, -0.05) is 18.6 Å². The van der Waals surface area contributed by atoms with Crippen LogP contribution in [-0.4, -0.2) is 17.8 Å². The molecule has 0 heterocycles. The van der Waals surface area contributed by atoms with Gasteiger partial charge in [0.25, 0.3) is 0 Å². The smallest absolute Gasteiger partial charge is 0.123 e. The molecule has 2 rings (SSSR count). The van der Waals surface area contributed by atoms with Gasteiger partial charge >= 0.3 is 0 Å². The first kappa shape index (κ1) is 13.5. The first-order chi connectivity index (χ1) is 8.65. The second-order valence-corrected chi connectivity index (χ2v) is 5.37. The van der Waals surface area contributed by atoms with E-state index in [0.717, 1.165) is 31.4 Å². The van der Waals surface area contributed by atoms with Crippen molar-refractivity contribution in [3.63, 3.8) is 0 Å². The van der Waals surface area contributed by atoms with Crippen LogP contribution >= 0.6 is 0 Å². The van der Waals surface area contributed by atoms with E-state index in [0.29, 0.717) is 5.92 Å². The molecule has 0 aromatic heterocycles. The van der Waals surface area contributed by atoms with Gasteiger partial charge in [-0.05, 0) is 56.3 Å². The van der Waals surface area contributed by atoms with E-state index in [1.165, 1.54) is 12.5 Å². The first-order valence-electron chi connectivity index (χ1n) is 6.82. The lowest BCUT2D eigenvalue weighted by Crippen LogP contribution is -2.30. The maximum atomic E-state index is 13.1. The van der Waals surface area contributed by atoms with E-state index < -0.39 is 0 Å². The Morgan fingerprint density at radius 3 is 3.00 bits per heavy atom. The van der Waals surface area contributed by atoms with Gasteiger partial charge in [-0.15, -0.1) is 0 Å². The molecule has 1 aromatic rings. The molecule has 1 saturated carbocycles. The molecule has 0 radical (unpaired) electrons. The molecule has 3 unspecified atom stereocenters. The summed E-state index contributed by atoms with van der Waals surface area (Å²) < 4.78 is 13.1. The Morgan fingerprint density at radius 1 is 1.44 bits per heavy atom. The molecule has 1 aliphatic rings. The Labute approximate surface area is 108 Å². The van der Waals surface area contributed by atoms with E-state index in [-0.39, 0.29) is 18.0 Å². The highest BCUT2D eigenvalue weighted by molar-refractivity contribution is 5.19. The van der Waals surface area contributed by atoms with Crippen molar-refractivity contribution in [2.75, 3.05) is 6.54 Å². The maximum Gasteiger partial charge on any atom is 0.123 e. The summed E-state index contributed by atoms with van der Waals surface area (Å²) in [5.74, 6) is 0.360. The van der Waals surface area contributed by atoms with Gasteiger partial charge in [-0.25, -0.2) is 4.39 Å². The average Bonchev–Trinajstić information content (AvgIpc) is 2.36. The second kappa shape index (κ2) is 6.30. The van der Waals surface area contributed by atoms with Crippen molar-refractivity contribution in [3.05, 3.63) is 35.6 Å². The van der Waals surface area contributed by atoms with Crippen LogP contribution in [-0.2, 0) is 0 Å². The van der Waals surface area contributed by atoms with Crippen molar-refractivity contribution in [1.29, 1.82) is 0 Å². The molecule has 3 heteroatoms. The lowest BCUT2D eigenvalue weighted by molar-refractivity contribution is 0.0998. The predicted molar refractivity (Wildman–Crippen MR) is 70.8 cm³/mol. The standard InChI is InChI=1S/C15H22FNO/c1-11(13-5-3-6-14(16)9-13)17-10-12-4-2-7-15(18)8-12/h3,5-6,9,11-12,15,17-18H,2,4,7-8,10H2,1H3. The Balaban J connectivity index is 1.82. The summed E-state index contributed by atoms with van der Waals surface area (Å²) in [6, 6.07) is 6.88. The molecule has 100 valence electrons. The van der Waals surface area contributed by atoms with Crippen LogP contribution in [0.3, 0.4) is 0 Å². The largest absolute Gasteiger partial charge is 0.393 e. The molecule has 0 spiro atoms. The molecular formula is C15H22FNO. The normalized spacial score (nSPS) is 25.9. The second-order valence-electron chi connectivity index (χ2n) is 5.37. The zero-order valence-electron chi connectivity index (χ0n) is 10.9. The van der Waals surface area contributed by atoms with Crippen LogP contribution in [0.25, 0.3) is 0 Å². The minimum Gasteiger partial charge on any atom is -0.393 e. The highest BCUT2D eigenvalue weighted by Gasteiger charge is 2.20. The van der Waals surface area contributed by atoms with Gasteiger partial charge < -0.3 is 10.4 Å². The summed E-state index contributed by atoms with van der Waals surface area (Å²) in [4.78, 5) is 0. The Morgan fingerprint density at radius 2 is 2.28 bits per heavy atom. The van der Waals surface area contributed by atoms with E-state index >= 15 is 0 Å². The van der Waals surface area contributed by atoms with E-state index in [4.69, 9.17) is 0 Å². The molecule has 18 heavy (non-hydrogen) atoms. The number of hydrogen-bond donors (Lipinski definition) is 2. The van der Waals surface area contributed by atoms with Gasteiger partial charge in [0.15, 0.2) is 0 Å². The Hall–Kier alpha value is -0.930. The van der Waals surface area contributed by atoms with Crippen LogP contribution in [0.2, 0.25) is 0 Å². The number of rotatable bonds is 4. The van der Waals surface area contributed by atoms with Crippen molar-refractivity contribution >= 4 is 0 Å². The third-order valence-electron chi connectivity index (χ3n) is 3.82. The van der Waals surface area contributed by atoms with Crippen molar-refractivity contribution in [3.8, 4) is 0 Å². The van der Waals surface area contributed by atoms with Crippen LogP contribution in [0.1, 0.15) is 44.2 Å². The van der Waals surface area contributed by atoms with Crippen LogP contribution in [0.15, 0.2) is 24.3 Å². The van der Waals surface area contributed by atoms with Crippen LogP contribution in [0, 0.1) is 11.7 Å². The molecule has 1 fully saturated rings. The number of benzene rings is 1. The third-order valence-corrected chi connectivity index (χ3v) is 3.82. The molecule has 1 aromatic carbocycles. The van der Waals surface area contributed by atoms with E-state index in [2.05, 4.69) is 5.32 Å². The first-order valence-corrected chi connectivity index (χ1v) is 6.82. The average molecular weight is 251 g/mol. The molecule has 0 bridgehead atoms. The van der Waals surface area contributed by atoms with E-state index in [1.54, 1.807) is 12.1 Å². The van der Waals surface area contributed by atoms with E-state index in [9.17, 15) is 9.50 Å². The Bertz CT molecular complexity index is 383. The number of nitrogens with one attached hydrogen (secondary N) is 1. The topological polar surface area (TPSA) is 32.3 Å². The summed E-state index contributed by atoms with van der Waals surface area (Å²) in [6.45, 7) is 2.95. The summed E-state index contributed by atoms with van der Waals surface area (Å²) in [5.41, 5.74) is 0.978. The molecule has 2 nitrogen and oxygen atoms in total. The van der Waals surface area contributed by atoms with Gasteiger partial charge in [-0.3, -0.25) is 0 Å². The molecule has 3 atom stereocenters. The predicted octanol–water partition coefficient (Wildman–Crippen LogP) is 3.03. The molecule has 2 N–H and O–H groups in total. The third kappa shape index (κ3) is 3.79. The van der Waals surface area contributed by atoms with Gasteiger partial charge in [-0.2, -0.15) is 0 Å². The summed E-state index contributed by atoms with van der Waals surface area (Å²) >= 11 is 0. The van der Waals surface area contributed by atoms with Gasteiger partial charge in [0.2, 0.25) is 0 Å². The minimum atomic E-state index is -0.186. The quantitative estimate of drug-likeness (QED) is 0.862. The van der Waals surface area contributed by atoms with Crippen molar-refractivity contribution < 1.29 is 9.50 Å². The van der Waals surface area contributed by atoms with Crippen molar-refractivity contribution in [2.45, 2.75) is 44.8 Å². The molecule has 1 aliphatic carbocycles. The number of halogens is 1. The van der Waals surface area contributed by atoms with Gasteiger partial charge in [0.05, 0.1) is 6.10 Å². The molecule has 0 amide bonds. The van der Waals surface area contributed by atoms with E-state index in [1.807, 2.05) is 13.0 Å². The van der Waals surface area contributed by atoms with Gasteiger partial charge in [0.1, 0.15) is 5.82 Å². The summed E-state index contributed by atoms with van der Waals surface area (Å²) in [5, 5.41) is 13.1. The fourth-order valence-electron chi connectivity index (χ4n) is 2.69. The van der Waals surface area contributed by atoms with Crippen molar-refractivity contribution in [2.24, 2.45) is 5.92 Å². The summed E-state index contributed by atoms with van der Waals surface area (Å²) in [6.07, 6.45) is 4.00. The SMILES string of the molecule is CC(NCC1CCCC(O)C1)c1cccc(F)c1. The summed E-state index contributed by atoms with van der Waals surface area (Å²) in [7, 11) is 0. The van der Waals surface area contributed by atoms with Crippen molar-refractivity contribution in [1.82, 2.24) is 5.32 Å². The van der Waals surface area contributed by atoms with Crippen LogP contribution in [0.5, 0.6) is 0 Å². The molecular weight excluding hydrogens is 229 g/mol. The van der Waals surface area contributed by atoms with Crippen LogP contribution < -0.4 is 5.32 Å². The number of aliphatic hydroxyl groups excluding tert-OH is 1. The van der Waals surface area contributed by atoms with Crippen LogP contribution in [0.4, 0.5) is 4.39 Å². The fraction of sp³-hybridized carbons (Fsp3) is 0.600. The zero-order valence-corrected chi connectivity index (χ0v) is 10.9. The highest BCUT2D eigenvalue weighted by Crippen LogP contribution is 2.24. The number of hydrogen-bond acceptors (Lipinski definition) is 2. The molecule has 0 saturated heterocycles. The monoisotopic (exact) mass is 251 g/mol. The number of aliphatic hydroxyl groups is 1.